The summed E-state index contributed by atoms with van der Waals surface area (Å²) in [4.78, 5) is 17.9. The van der Waals surface area contributed by atoms with Crippen LogP contribution in [0.2, 0.25) is 0 Å². The summed E-state index contributed by atoms with van der Waals surface area (Å²) in [5.74, 6) is 1.22. The normalized spacial score (nSPS) is 12.9. The fourth-order valence-electron chi connectivity index (χ4n) is 3.41. The van der Waals surface area contributed by atoms with Gasteiger partial charge in [0.25, 0.3) is 5.56 Å². The molecule has 27 heavy (non-hydrogen) atoms. The first kappa shape index (κ1) is 15.6. The van der Waals surface area contributed by atoms with E-state index in [-0.39, 0.29) is 5.56 Å². The molecule has 0 amide bonds. The second-order valence-electron chi connectivity index (χ2n) is 6.36. The van der Waals surface area contributed by atoms with E-state index in [4.69, 9.17) is 14.8 Å². The van der Waals surface area contributed by atoms with Crippen molar-refractivity contribution in [3.05, 3.63) is 94.3 Å². The van der Waals surface area contributed by atoms with Crippen molar-refractivity contribution >= 4 is 16.6 Å². The summed E-state index contributed by atoms with van der Waals surface area (Å²) in [7, 11) is 1.58. The Morgan fingerprint density at radius 1 is 1.04 bits per heavy atom. The average molecular weight is 356 g/mol. The Labute approximate surface area is 155 Å². The molecule has 0 radical (unpaired) electrons. The molecular formula is C21H16N4O2. The van der Waals surface area contributed by atoms with Crippen LogP contribution in [-0.4, -0.2) is 27.0 Å². The Morgan fingerprint density at radius 2 is 1.89 bits per heavy atom. The Morgan fingerprint density at radius 3 is 2.70 bits per heavy atom. The van der Waals surface area contributed by atoms with Crippen molar-refractivity contribution in [2.45, 2.75) is 6.54 Å². The molecule has 5 rings (SSSR count). The third-order valence-electron chi connectivity index (χ3n) is 4.75. The summed E-state index contributed by atoms with van der Waals surface area (Å²) in [5, 5.41) is 5.21. The van der Waals surface area contributed by atoms with Crippen LogP contribution in [0.4, 0.5) is 0 Å². The van der Waals surface area contributed by atoms with Crippen molar-refractivity contribution in [3.63, 3.8) is 0 Å². The highest BCUT2D eigenvalue weighted by atomic mass is 16.5. The van der Waals surface area contributed by atoms with Crippen LogP contribution >= 0.6 is 0 Å². The minimum absolute atomic E-state index is 0.201. The number of methoxy groups -OCH3 is 1. The molecule has 0 unspecified atom stereocenters. The summed E-state index contributed by atoms with van der Waals surface area (Å²) < 4.78 is 8.73. The molecule has 0 N–H and O–H groups in total. The Bertz CT molecular complexity index is 1250. The predicted molar refractivity (Wildman–Crippen MR) is 104 cm³/mol. The molecule has 0 bridgehead atoms. The van der Waals surface area contributed by atoms with Crippen LogP contribution < -0.4 is 10.3 Å². The molecular weight excluding hydrogens is 340 g/mol. The van der Waals surface area contributed by atoms with E-state index in [1.54, 1.807) is 19.2 Å². The van der Waals surface area contributed by atoms with Gasteiger partial charge in [-0.2, -0.15) is 9.78 Å². The zero-order valence-electron chi connectivity index (χ0n) is 14.7. The third kappa shape index (κ3) is 2.45. The molecule has 0 aliphatic carbocycles. The number of benzene rings is 2. The zero-order chi connectivity index (χ0) is 18.4. The average Bonchev–Trinajstić information content (AvgIpc) is 3.10. The molecule has 1 aliphatic rings. The largest absolute Gasteiger partial charge is 0.497 e. The second kappa shape index (κ2) is 5.95. The third-order valence-corrected chi connectivity index (χ3v) is 4.75. The first-order valence-corrected chi connectivity index (χ1v) is 8.64. The fraction of sp³-hybridized carbons (Fsp3) is 0.0952. The van der Waals surface area contributed by atoms with Crippen LogP contribution in [0.3, 0.4) is 0 Å². The molecule has 0 spiro atoms. The fourth-order valence-corrected chi connectivity index (χ4v) is 3.41. The van der Waals surface area contributed by atoms with Gasteiger partial charge in [-0.1, -0.05) is 30.3 Å². The lowest BCUT2D eigenvalue weighted by Gasteiger charge is -2.09. The van der Waals surface area contributed by atoms with E-state index in [2.05, 4.69) is 4.57 Å². The van der Waals surface area contributed by atoms with E-state index in [1.165, 1.54) is 4.68 Å². The van der Waals surface area contributed by atoms with Gasteiger partial charge in [0.2, 0.25) is 0 Å². The molecule has 0 fully saturated rings. The van der Waals surface area contributed by atoms with E-state index in [9.17, 15) is 4.79 Å². The van der Waals surface area contributed by atoms with E-state index in [0.717, 1.165) is 17.0 Å². The van der Waals surface area contributed by atoms with Gasteiger partial charge in [-0.05, 0) is 30.3 Å². The van der Waals surface area contributed by atoms with Gasteiger partial charge in [0, 0.05) is 11.8 Å². The summed E-state index contributed by atoms with van der Waals surface area (Å²) >= 11 is 0. The lowest BCUT2D eigenvalue weighted by molar-refractivity contribution is 0.415. The Hall–Kier alpha value is -3.67. The van der Waals surface area contributed by atoms with Gasteiger partial charge in [0.1, 0.15) is 11.5 Å². The molecule has 132 valence electrons. The van der Waals surface area contributed by atoms with Crippen LogP contribution in [0.25, 0.3) is 10.9 Å². The van der Waals surface area contributed by atoms with Gasteiger partial charge in [0.15, 0.2) is 5.82 Å². The number of ether oxygens (including phenoxy) is 1. The molecule has 2 aromatic carbocycles. The lowest BCUT2D eigenvalue weighted by atomic mass is 10.1. The number of nitrogens with zero attached hydrogens (tertiary/aromatic N) is 4. The van der Waals surface area contributed by atoms with Crippen molar-refractivity contribution in [2.75, 3.05) is 7.11 Å². The van der Waals surface area contributed by atoms with Crippen molar-refractivity contribution in [1.82, 2.24) is 14.2 Å². The van der Waals surface area contributed by atoms with E-state index >= 15 is 0 Å². The maximum atomic E-state index is 13.2. The molecule has 1 aliphatic heterocycles. The zero-order valence-corrected chi connectivity index (χ0v) is 14.7. The maximum Gasteiger partial charge on any atom is 0.282 e. The van der Waals surface area contributed by atoms with Gasteiger partial charge in [-0.15, -0.1) is 0 Å². The van der Waals surface area contributed by atoms with Gasteiger partial charge in [-0.3, -0.25) is 4.79 Å². The SMILES string of the molecule is COc1ccc2nc3n(c(=O)c2c1)N=C(c1ccccc1)c1cccn1C3. The summed E-state index contributed by atoms with van der Waals surface area (Å²) in [5.41, 5.74) is 3.08. The number of fused-ring (bicyclic) bond motifs is 3. The molecule has 0 saturated heterocycles. The van der Waals surface area contributed by atoms with Crippen LogP contribution in [0.5, 0.6) is 5.75 Å². The van der Waals surface area contributed by atoms with Gasteiger partial charge < -0.3 is 9.30 Å². The van der Waals surface area contributed by atoms with Crippen molar-refractivity contribution in [3.8, 4) is 5.75 Å². The highest BCUT2D eigenvalue weighted by molar-refractivity contribution is 6.12. The van der Waals surface area contributed by atoms with Gasteiger partial charge in [0.05, 0.1) is 30.3 Å². The first-order valence-electron chi connectivity index (χ1n) is 8.64. The molecule has 2 aromatic heterocycles. The van der Waals surface area contributed by atoms with Crippen LogP contribution in [-0.2, 0) is 6.54 Å². The number of aromatic nitrogens is 3. The van der Waals surface area contributed by atoms with Crippen LogP contribution in [0.15, 0.2) is 76.8 Å². The highest BCUT2D eigenvalue weighted by Crippen LogP contribution is 2.21. The molecule has 0 atom stereocenters. The van der Waals surface area contributed by atoms with Gasteiger partial charge in [-0.25, -0.2) is 4.98 Å². The van der Waals surface area contributed by atoms with Crippen LogP contribution in [0, 0.1) is 0 Å². The van der Waals surface area contributed by atoms with Crippen molar-refractivity contribution in [2.24, 2.45) is 5.10 Å². The quantitative estimate of drug-likeness (QED) is 0.489. The summed E-state index contributed by atoms with van der Waals surface area (Å²) in [6.07, 6.45) is 1.98. The Balaban J connectivity index is 1.83. The second-order valence-corrected chi connectivity index (χ2v) is 6.36. The molecule has 0 saturated carbocycles. The van der Waals surface area contributed by atoms with E-state index < -0.39 is 0 Å². The standard InChI is InChI=1S/C21H16N4O2/c1-27-15-9-10-17-16(12-15)21(26)25-19(22-17)13-24-11-5-8-18(24)20(23-25)14-6-3-2-4-7-14/h2-12H,13H2,1H3. The minimum atomic E-state index is -0.201. The predicted octanol–water partition coefficient (Wildman–Crippen LogP) is 2.87. The topological polar surface area (TPSA) is 61.4 Å². The van der Waals surface area contributed by atoms with Crippen molar-refractivity contribution in [1.29, 1.82) is 0 Å². The minimum Gasteiger partial charge on any atom is -0.497 e. The number of hydrogen-bond acceptors (Lipinski definition) is 4. The highest BCUT2D eigenvalue weighted by Gasteiger charge is 2.20. The van der Waals surface area contributed by atoms with E-state index in [0.29, 0.717) is 29.0 Å². The van der Waals surface area contributed by atoms with E-state index in [1.807, 2.05) is 54.7 Å². The lowest BCUT2D eigenvalue weighted by Crippen LogP contribution is -2.23. The number of rotatable bonds is 2. The van der Waals surface area contributed by atoms with Crippen molar-refractivity contribution < 1.29 is 4.74 Å². The monoisotopic (exact) mass is 356 g/mol. The molecule has 3 heterocycles. The molecule has 4 aromatic rings. The summed E-state index contributed by atoms with van der Waals surface area (Å²) in [6.45, 7) is 0.472. The summed E-state index contributed by atoms with van der Waals surface area (Å²) in [6, 6.07) is 19.2. The van der Waals surface area contributed by atoms with Gasteiger partial charge >= 0.3 is 0 Å². The van der Waals surface area contributed by atoms with Crippen LogP contribution in [0.1, 0.15) is 17.1 Å². The first-order chi connectivity index (χ1) is 13.2. The number of hydrogen-bond donors (Lipinski definition) is 0. The molecule has 6 nitrogen and oxygen atoms in total. The molecule has 6 heteroatoms. The maximum absolute atomic E-state index is 13.2. The smallest absolute Gasteiger partial charge is 0.282 e. The Kier molecular flexibility index (Phi) is 3.43.